The minimum Gasteiger partial charge on any atom is -0.478 e. The lowest BCUT2D eigenvalue weighted by Gasteiger charge is -2.07. The van der Waals surface area contributed by atoms with Gasteiger partial charge in [-0.25, -0.2) is 9.78 Å². The molecule has 2 N–H and O–H groups in total. The zero-order valence-corrected chi connectivity index (χ0v) is 11.9. The van der Waals surface area contributed by atoms with Gasteiger partial charge in [0.1, 0.15) is 11.0 Å². The molecule has 0 radical (unpaired) electrons. The third-order valence-corrected chi connectivity index (χ3v) is 3.00. The number of hydrogen-bond acceptors (Lipinski definition) is 3. The summed E-state index contributed by atoms with van der Waals surface area (Å²) in [7, 11) is 0. The van der Waals surface area contributed by atoms with Gasteiger partial charge in [0.15, 0.2) is 0 Å². The number of nitrogens with one attached hydrogen (secondary N) is 1. The number of pyridine rings is 1. The molecule has 0 atom stereocenters. The normalized spacial score (nSPS) is 10.1. The molecule has 18 heavy (non-hydrogen) atoms. The Hall–Kier alpha value is -1.34. The number of halogens is 2. The second-order valence-corrected chi connectivity index (χ2v) is 5.14. The van der Waals surface area contributed by atoms with Gasteiger partial charge in [-0.2, -0.15) is 0 Å². The molecule has 0 saturated heterocycles. The van der Waals surface area contributed by atoms with Crippen LogP contribution in [0.25, 0.3) is 0 Å². The third kappa shape index (κ3) is 3.33. The van der Waals surface area contributed by atoms with E-state index in [-0.39, 0.29) is 10.7 Å². The van der Waals surface area contributed by atoms with Gasteiger partial charge in [-0.15, -0.1) is 0 Å². The van der Waals surface area contributed by atoms with Crippen molar-refractivity contribution in [3.05, 3.63) is 50.7 Å². The molecule has 0 aliphatic rings. The Labute approximate surface area is 122 Å². The highest BCUT2D eigenvalue weighted by Crippen LogP contribution is 2.20. The first-order chi connectivity index (χ1) is 8.54. The van der Waals surface area contributed by atoms with Crippen LogP contribution in [0.15, 0.2) is 36.4 Å². The van der Waals surface area contributed by atoms with Gasteiger partial charge in [-0.1, -0.05) is 17.7 Å². The third-order valence-electron chi connectivity index (χ3n) is 2.14. The average molecular weight is 375 g/mol. The SMILES string of the molecule is O=C(O)c1cc(Cl)nc(Nc2cccc(I)c2)c1. The van der Waals surface area contributed by atoms with Crippen LogP contribution in [0.3, 0.4) is 0 Å². The zero-order valence-electron chi connectivity index (χ0n) is 9.02. The van der Waals surface area contributed by atoms with E-state index < -0.39 is 5.97 Å². The summed E-state index contributed by atoms with van der Waals surface area (Å²) >= 11 is 7.97. The first-order valence-electron chi connectivity index (χ1n) is 4.98. The van der Waals surface area contributed by atoms with Crippen molar-refractivity contribution in [2.24, 2.45) is 0 Å². The molecule has 0 aliphatic heterocycles. The molecule has 1 aromatic heterocycles. The van der Waals surface area contributed by atoms with Crippen LogP contribution in [-0.2, 0) is 0 Å². The van der Waals surface area contributed by atoms with Crippen molar-refractivity contribution in [2.75, 3.05) is 5.32 Å². The van der Waals surface area contributed by atoms with E-state index >= 15 is 0 Å². The average Bonchev–Trinajstić information content (AvgIpc) is 2.28. The van der Waals surface area contributed by atoms with Gasteiger partial charge in [0, 0.05) is 9.26 Å². The predicted octanol–water partition coefficient (Wildman–Crippen LogP) is 3.78. The Morgan fingerprint density at radius 1 is 1.33 bits per heavy atom. The molecule has 0 amide bonds. The molecular formula is C12H8ClIN2O2. The minimum atomic E-state index is -1.04. The molecule has 2 rings (SSSR count). The predicted molar refractivity (Wildman–Crippen MR) is 78.6 cm³/mol. The number of carbonyl (C=O) groups is 1. The molecule has 0 unspecified atom stereocenters. The lowest BCUT2D eigenvalue weighted by Crippen LogP contribution is -2.00. The molecular weight excluding hydrogens is 367 g/mol. The summed E-state index contributed by atoms with van der Waals surface area (Å²) in [5, 5.41) is 12.1. The van der Waals surface area contributed by atoms with Crippen LogP contribution in [-0.4, -0.2) is 16.1 Å². The number of rotatable bonds is 3. The quantitative estimate of drug-likeness (QED) is 0.634. The van der Waals surface area contributed by atoms with Gasteiger partial charge in [-0.05, 0) is 52.9 Å². The van der Waals surface area contributed by atoms with Crippen LogP contribution in [0.2, 0.25) is 5.15 Å². The summed E-state index contributed by atoms with van der Waals surface area (Å²) in [4.78, 5) is 14.9. The van der Waals surface area contributed by atoms with Gasteiger partial charge in [0.05, 0.1) is 5.56 Å². The lowest BCUT2D eigenvalue weighted by atomic mass is 10.2. The number of anilines is 2. The second kappa shape index (κ2) is 5.53. The summed E-state index contributed by atoms with van der Waals surface area (Å²) < 4.78 is 1.07. The van der Waals surface area contributed by atoms with E-state index in [0.29, 0.717) is 5.82 Å². The first-order valence-corrected chi connectivity index (χ1v) is 6.44. The van der Waals surface area contributed by atoms with Crippen LogP contribution in [0.1, 0.15) is 10.4 Å². The van der Waals surface area contributed by atoms with E-state index in [1.807, 2.05) is 24.3 Å². The number of carboxylic acid groups (broad SMARTS) is 1. The fourth-order valence-electron chi connectivity index (χ4n) is 1.40. The Morgan fingerprint density at radius 3 is 2.78 bits per heavy atom. The zero-order chi connectivity index (χ0) is 13.1. The van der Waals surface area contributed by atoms with E-state index in [1.165, 1.54) is 12.1 Å². The fraction of sp³-hybridized carbons (Fsp3) is 0. The summed E-state index contributed by atoms with van der Waals surface area (Å²) in [5.74, 6) is -0.633. The van der Waals surface area contributed by atoms with Crippen molar-refractivity contribution in [1.82, 2.24) is 4.98 Å². The number of aromatic nitrogens is 1. The number of benzene rings is 1. The van der Waals surface area contributed by atoms with Gasteiger partial charge in [0.2, 0.25) is 0 Å². The highest BCUT2D eigenvalue weighted by atomic mass is 127. The standard InChI is InChI=1S/C12H8ClIN2O2/c13-10-4-7(12(17)18)5-11(16-10)15-9-3-1-2-8(14)6-9/h1-6H,(H,15,16)(H,17,18). The summed E-state index contributed by atoms with van der Waals surface area (Å²) in [5.41, 5.74) is 0.927. The van der Waals surface area contributed by atoms with Crippen LogP contribution in [0.5, 0.6) is 0 Å². The van der Waals surface area contributed by atoms with E-state index in [2.05, 4.69) is 32.9 Å². The number of aromatic carboxylic acids is 1. The highest BCUT2D eigenvalue weighted by Gasteiger charge is 2.07. The van der Waals surface area contributed by atoms with Crippen LogP contribution in [0.4, 0.5) is 11.5 Å². The molecule has 1 aromatic carbocycles. The van der Waals surface area contributed by atoms with Gasteiger partial charge < -0.3 is 10.4 Å². The molecule has 92 valence electrons. The van der Waals surface area contributed by atoms with Crippen molar-refractivity contribution >= 4 is 51.7 Å². The van der Waals surface area contributed by atoms with Gasteiger partial charge in [-0.3, -0.25) is 0 Å². The summed E-state index contributed by atoms with van der Waals surface area (Å²) in [6, 6.07) is 10.4. The van der Waals surface area contributed by atoms with E-state index in [1.54, 1.807) is 0 Å². The van der Waals surface area contributed by atoms with E-state index in [9.17, 15) is 4.79 Å². The van der Waals surface area contributed by atoms with Crippen LogP contribution < -0.4 is 5.32 Å². The van der Waals surface area contributed by atoms with Crippen molar-refractivity contribution in [2.45, 2.75) is 0 Å². The van der Waals surface area contributed by atoms with Crippen LogP contribution in [0, 0.1) is 3.57 Å². The number of hydrogen-bond donors (Lipinski definition) is 2. The van der Waals surface area contributed by atoms with E-state index in [0.717, 1.165) is 9.26 Å². The van der Waals surface area contributed by atoms with Crippen molar-refractivity contribution < 1.29 is 9.90 Å². The second-order valence-electron chi connectivity index (χ2n) is 3.50. The molecule has 1 heterocycles. The van der Waals surface area contributed by atoms with E-state index in [4.69, 9.17) is 16.7 Å². The number of nitrogens with zero attached hydrogens (tertiary/aromatic N) is 1. The van der Waals surface area contributed by atoms with Crippen molar-refractivity contribution in [1.29, 1.82) is 0 Å². The molecule has 0 aliphatic carbocycles. The Balaban J connectivity index is 2.31. The summed E-state index contributed by atoms with van der Waals surface area (Å²) in [6.07, 6.45) is 0. The maximum absolute atomic E-state index is 10.9. The lowest BCUT2D eigenvalue weighted by molar-refractivity contribution is 0.0697. The van der Waals surface area contributed by atoms with Crippen molar-refractivity contribution in [3.63, 3.8) is 0 Å². The monoisotopic (exact) mass is 374 g/mol. The molecule has 0 spiro atoms. The number of carboxylic acids is 1. The Morgan fingerprint density at radius 2 is 2.11 bits per heavy atom. The summed E-state index contributed by atoms with van der Waals surface area (Å²) in [6.45, 7) is 0. The maximum Gasteiger partial charge on any atom is 0.335 e. The van der Waals surface area contributed by atoms with Crippen LogP contribution >= 0.6 is 34.2 Å². The molecule has 4 nitrogen and oxygen atoms in total. The largest absolute Gasteiger partial charge is 0.478 e. The molecule has 0 bridgehead atoms. The highest BCUT2D eigenvalue weighted by molar-refractivity contribution is 14.1. The fourth-order valence-corrected chi connectivity index (χ4v) is 2.15. The Kier molecular flexibility index (Phi) is 4.03. The molecule has 0 fully saturated rings. The Bertz CT molecular complexity index is 604. The van der Waals surface area contributed by atoms with Gasteiger partial charge >= 0.3 is 5.97 Å². The molecule has 0 saturated carbocycles. The molecule has 6 heteroatoms. The van der Waals surface area contributed by atoms with Gasteiger partial charge in [0.25, 0.3) is 0 Å². The topological polar surface area (TPSA) is 62.2 Å². The first kappa shape index (κ1) is 13.1. The molecule has 2 aromatic rings. The van der Waals surface area contributed by atoms with Crippen molar-refractivity contribution in [3.8, 4) is 0 Å². The minimum absolute atomic E-state index is 0.100. The smallest absolute Gasteiger partial charge is 0.335 e. The maximum atomic E-state index is 10.9.